The van der Waals surface area contributed by atoms with Crippen LogP contribution in [0.4, 0.5) is 0 Å². The van der Waals surface area contributed by atoms with E-state index >= 15 is 0 Å². The van der Waals surface area contributed by atoms with Gasteiger partial charge in [-0.25, -0.2) is 9.97 Å². The molecule has 4 rings (SSSR count). The summed E-state index contributed by atoms with van der Waals surface area (Å²) in [5, 5.41) is 4.71. The van der Waals surface area contributed by atoms with Crippen LogP contribution in [0.15, 0.2) is 53.2 Å². The maximum atomic E-state index is 12.4. The van der Waals surface area contributed by atoms with E-state index in [-0.39, 0.29) is 11.6 Å². The van der Waals surface area contributed by atoms with Crippen LogP contribution in [-0.2, 0) is 0 Å². The van der Waals surface area contributed by atoms with E-state index in [1.165, 1.54) is 17.5 Å². The molecule has 26 heavy (non-hydrogen) atoms. The van der Waals surface area contributed by atoms with Crippen molar-refractivity contribution in [3.8, 4) is 11.5 Å². The third-order valence-corrected chi connectivity index (χ3v) is 4.63. The lowest BCUT2D eigenvalue weighted by Gasteiger charge is -2.11. The minimum Gasteiger partial charge on any atom is -0.344 e. The summed E-state index contributed by atoms with van der Waals surface area (Å²) in [6.07, 6.45) is 6.61. The highest BCUT2D eigenvalue weighted by Crippen LogP contribution is 2.17. The van der Waals surface area contributed by atoms with Gasteiger partial charge in [-0.1, -0.05) is 6.07 Å². The van der Waals surface area contributed by atoms with Gasteiger partial charge in [-0.15, -0.1) is 11.3 Å². The Labute approximate surface area is 151 Å². The van der Waals surface area contributed by atoms with Crippen LogP contribution >= 0.6 is 11.3 Å². The molecule has 0 radical (unpaired) electrons. The first kappa shape index (κ1) is 16.2. The maximum absolute atomic E-state index is 12.4. The molecule has 8 nitrogen and oxygen atoms in total. The van der Waals surface area contributed by atoms with Gasteiger partial charge in [0.05, 0.1) is 11.7 Å². The van der Waals surface area contributed by atoms with Gasteiger partial charge in [0.15, 0.2) is 10.8 Å². The zero-order valence-electron chi connectivity index (χ0n) is 13.7. The second-order valence-electron chi connectivity index (χ2n) is 5.64. The van der Waals surface area contributed by atoms with Gasteiger partial charge in [0.25, 0.3) is 11.5 Å². The number of aromatic nitrogens is 5. The molecular formula is C17H14N6O2S. The van der Waals surface area contributed by atoms with Gasteiger partial charge in [-0.05, 0) is 19.1 Å². The number of hydrogen-bond donors (Lipinski definition) is 2. The molecular weight excluding hydrogens is 352 g/mol. The number of nitrogens with one attached hydrogen (secondary N) is 2. The lowest BCUT2D eigenvalue weighted by atomic mass is 10.2. The molecule has 1 amide bonds. The second kappa shape index (κ2) is 6.52. The van der Waals surface area contributed by atoms with Gasteiger partial charge in [0.1, 0.15) is 11.3 Å². The molecule has 2 N–H and O–H groups in total. The van der Waals surface area contributed by atoms with Crippen LogP contribution in [0, 0.1) is 0 Å². The largest absolute Gasteiger partial charge is 0.344 e. The van der Waals surface area contributed by atoms with Crippen molar-refractivity contribution in [1.29, 1.82) is 0 Å². The first-order valence-electron chi connectivity index (χ1n) is 7.85. The fourth-order valence-electron chi connectivity index (χ4n) is 2.49. The van der Waals surface area contributed by atoms with E-state index in [0.29, 0.717) is 11.5 Å². The number of imidazole rings is 1. The van der Waals surface area contributed by atoms with Crippen LogP contribution in [0.2, 0.25) is 0 Å². The normalized spacial score (nSPS) is 12.2. The van der Waals surface area contributed by atoms with E-state index in [9.17, 15) is 9.59 Å². The van der Waals surface area contributed by atoms with Crippen molar-refractivity contribution >= 4 is 22.2 Å². The number of aromatic amines is 1. The Hall–Kier alpha value is -3.33. The van der Waals surface area contributed by atoms with E-state index in [1.54, 1.807) is 24.4 Å². The lowest BCUT2D eigenvalue weighted by molar-refractivity contribution is 0.0937. The molecule has 0 fully saturated rings. The zero-order chi connectivity index (χ0) is 18.1. The standard InChI is InChI=1S/C17H14N6O2S/c1-10(13-9-23-6-7-26-17(23)21-13)20-15(24)11-8-19-14(22-16(11)25)12-4-2-3-5-18-12/h2-10H,1H3,(H,20,24)(H,19,22,25). The molecule has 0 aliphatic carbocycles. The summed E-state index contributed by atoms with van der Waals surface area (Å²) >= 11 is 1.51. The molecule has 0 spiro atoms. The Morgan fingerprint density at radius 1 is 1.35 bits per heavy atom. The number of nitrogens with zero attached hydrogens (tertiary/aromatic N) is 4. The van der Waals surface area contributed by atoms with Gasteiger partial charge in [-0.2, -0.15) is 0 Å². The van der Waals surface area contributed by atoms with Crippen LogP contribution < -0.4 is 10.9 Å². The Kier molecular flexibility index (Phi) is 4.05. The molecule has 0 aromatic carbocycles. The molecule has 4 heterocycles. The van der Waals surface area contributed by atoms with Crippen molar-refractivity contribution in [2.75, 3.05) is 0 Å². The topological polar surface area (TPSA) is 105 Å². The summed E-state index contributed by atoms with van der Waals surface area (Å²) in [7, 11) is 0. The molecule has 0 saturated heterocycles. The number of hydrogen-bond acceptors (Lipinski definition) is 6. The number of rotatable bonds is 4. The quantitative estimate of drug-likeness (QED) is 0.575. The summed E-state index contributed by atoms with van der Waals surface area (Å²) in [6, 6.07) is 4.94. The van der Waals surface area contributed by atoms with E-state index in [2.05, 4.69) is 25.3 Å². The average molecular weight is 366 g/mol. The van der Waals surface area contributed by atoms with Gasteiger partial charge >= 0.3 is 0 Å². The highest BCUT2D eigenvalue weighted by atomic mass is 32.1. The lowest BCUT2D eigenvalue weighted by Crippen LogP contribution is -2.32. The van der Waals surface area contributed by atoms with Crippen LogP contribution in [-0.4, -0.2) is 30.2 Å². The van der Waals surface area contributed by atoms with Crippen LogP contribution in [0.3, 0.4) is 0 Å². The fraction of sp³-hybridized carbons (Fsp3) is 0.118. The van der Waals surface area contributed by atoms with E-state index in [1.807, 2.05) is 29.1 Å². The average Bonchev–Trinajstić information content (AvgIpc) is 3.24. The van der Waals surface area contributed by atoms with Gasteiger partial charge in [-0.3, -0.25) is 19.0 Å². The molecule has 0 aliphatic heterocycles. The summed E-state index contributed by atoms with van der Waals surface area (Å²) in [5.74, 6) is -0.190. The number of amides is 1. The highest BCUT2D eigenvalue weighted by molar-refractivity contribution is 7.15. The summed E-state index contributed by atoms with van der Waals surface area (Å²) in [4.78, 5) is 40.9. The van der Waals surface area contributed by atoms with Crippen molar-refractivity contribution in [2.24, 2.45) is 0 Å². The third kappa shape index (κ3) is 3.00. The van der Waals surface area contributed by atoms with E-state index in [0.717, 1.165) is 10.7 Å². The first-order valence-corrected chi connectivity index (χ1v) is 8.73. The molecule has 4 aromatic rings. The number of carbonyl (C=O) groups is 1. The number of H-pyrrole nitrogens is 1. The number of pyridine rings is 1. The van der Waals surface area contributed by atoms with Gasteiger partial charge < -0.3 is 10.3 Å². The zero-order valence-corrected chi connectivity index (χ0v) is 14.5. The number of fused-ring (bicyclic) bond motifs is 1. The summed E-state index contributed by atoms with van der Waals surface area (Å²) in [5.41, 5.74) is 0.677. The highest BCUT2D eigenvalue weighted by Gasteiger charge is 2.18. The van der Waals surface area contributed by atoms with Crippen molar-refractivity contribution < 1.29 is 4.79 Å². The molecule has 1 unspecified atom stereocenters. The van der Waals surface area contributed by atoms with E-state index < -0.39 is 11.5 Å². The van der Waals surface area contributed by atoms with Crippen LogP contribution in [0.5, 0.6) is 0 Å². The SMILES string of the molecule is CC(NC(=O)c1cnc(-c2ccccn2)[nH]c1=O)c1cn2ccsc2n1. The Morgan fingerprint density at radius 2 is 2.23 bits per heavy atom. The van der Waals surface area contributed by atoms with Crippen molar-refractivity contribution in [1.82, 2.24) is 29.7 Å². The van der Waals surface area contributed by atoms with Crippen molar-refractivity contribution in [3.63, 3.8) is 0 Å². The second-order valence-corrected chi connectivity index (χ2v) is 6.52. The maximum Gasteiger partial charge on any atom is 0.264 e. The Balaban J connectivity index is 1.54. The van der Waals surface area contributed by atoms with Crippen molar-refractivity contribution in [3.05, 3.63) is 70.0 Å². The molecule has 0 bridgehead atoms. The summed E-state index contributed by atoms with van der Waals surface area (Å²) in [6.45, 7) is 1.81. The Bertz CT molecular complexity index is 1100. The predicted molar refractivity (Wildman–Crippen MR) is 97.0 cm³/mol. The molecule has 0 aliphatic rings. The van der Waals surface area contributed by atoms with Crippen LogP contribution in [0.25, 0.3) is 16.5 Å². The first-order chi connectivity index (χ1) is 12.6. The molecule has 130 valence electrons. The van der Waals surface area contributed by atoms with Gasteiger partial charge in [0.2, 0.25) is 0 Å². The van der Waals surface area contributed by atoms with Gasteiger partial charge in [0, 0.05) is 30.2 Å². The molecule has 4 aromatic heterocycles. The van der Waals surface area contributed by atoms with Crippen LogP contribution in [0.1, 0.15) is 29.0 Å². The molecule has 0 saturated carbocycles. The van der Waals surface area contributed by atoms with E-state index in [4.69, 9.17) is 0 Å². The van der Waals surface area contributed by atoms with Crippen molar-refractivity contribution in [2.45, 2.75) is 13.0 Å². The summed E-state index contributed by atoms with van der Waals surface area (Å²) < 4.78 is 1.89. The smallest absolute Gasteiger partial charge is 0.264 e. The molecule has 1 atom stereocenters. The minimum atomic E-state index is -0.517. The number of carbonyl (C=O) groups excluding carboxylic acids is 1. The third-order valence-electron chi connectivity index (χ3n) is 3.85. The Morgan fingerprint density at radius 3 is 2.96 bits per heavy atom. The number of thiazole rings is 1. The molecule has 9 heteroatoms. The predicted octanol–water partition coefficient (Wildman–Crippen LogP) is 2.03. The minimum absolute atomic E-state index is 0.0578. The fourth-order valence-corrected chi connectivity index (χ4v) is 3.20. The monoisotopic (exact) mass is 366 g/mol.